The van der Waals surface area contributed by atoms with E-state index in [4.69, 9.17) is 9.47 Å². The molecule has 0 aliphatic carbocycles. The van der Waals surface area contributed by atoms with Gasteiger partial charge in [0.1, 0.15) is 17.9 Å². The molecule has 2 heterocycles. The predicted molar refractivity (Wildman–Crippen MR) is 98.2 cm³/mol. The normalized spacial score (nSPS) is 19.6. The number of hydrogen-bond acceptors (Lipinski definition) is 6. The highest BCUT2D eigenvalue weighted by Gasteiger charge is 2.27. The van der Waals surface area contributed by atoms with Crippen molar-refractivity contribution in [1.29, 1.82) is 0 Å². The van der Waals surface area contributed by atoms with E-state index in [-0.39, 0.29) is 24.6 Å². The SMILES string of the molecule is Cc1ccc(C)c(OCC(=O)N[C@H]2CCOC[C@H]2Nc2ccncn2)c1. The van der Waals surface area contributed by atoms with Crippen LogP contribution in [-0.4, -0.2) is 47.8 Å². The fraction of sp³-hybridized carbons (Fsp3) is 0.421. The molecular weight excluding hydrogens is 332 g/mol. The first-order chi connectivity index (χ1) is 12.6. The summed E-state index contributed by atoms with van der Waals surface area (Å²) in [5.74, 6) is 1.30. The fourth-order valence-electron chi connectivity index (χ4n) is 2.87. The van der Waals surface area contributed by atoms with Gasteiger partial charge in [0.05, 0.1) is 18.7 Å². The van der Waals surface area contributed by atoms with E-state index in [9.17, 15) is 4.79 Å². The highest BCUT2D eigenvalue weighted by atomic mass is 16.5. The van der Waals surface area contributed by atoms with Crippen molar-refractivity contribution >= 4 is 11.7 Å². The summed E-state index contributed by atoms with van der Waals surface area (Å²) in [5, 5.41) is 6.34. The topological polar surface area (TPSA) is 85.4 Å². The van der Waals surface area contributed by atoms with Gasteiger partial charge in [-0.15, -0.1) is 0 Å². The Hall–Kier alpha value is -2.67. The molecule has 1 saturated heterocycles. The van der Waals surface area contributed by atoms with Gasteiger partial charge in [0.2, 0.25) is 0 Å². The second kappa shape index (κ2) is 8.62. The van der Waals surface area contributed by atoms with Gasteiger partial charge in [0.25, 0.3) is 5.91 Å². The molecule has 0 unspecified atom stereocenters. The Morgan fingerprint density at radius 2 is 2.19 bits per heavy atom. The van der Waals surface area contributed by atoms with Gasteiger partial charge in [0.15, 0.2) is 6.61 Å². The lowest BCUT2D eigenvalue weighted by molar-refractivity contribution is -0.124. The summed E-state index contributed by atoms with van der Waals surface area (Å²) in [6.07, 6.45) is 3.89. The summed E-state index contributed by atoms with van der Waals surface area (Å²) in [4.78, 5) is 20.4. The van der Waals surface area contributed by atoms with Crippen molar-refractivity contribution in [3.05, 3.63) is 47.9 Å². The summed E-state index contributed by atoms with van der Waals surface area (Å²) in [5.41, 5.74) is 2.11. The maximum atomic E-state index is 12.3. The molecule has 0 bridgehead atoms. The van der Waals surface area contributed by atoms with Crippen LogP contribution in [-0.2, 0) is 9.53 Å². The lowest BCUT2D eigenvalue weighted by Crippen LogP contribution is -2.53. The number of amides is 1. The van der Waals surface area contributed by atoms with Crippen molar-refractivity contribution in [3.63, 3.8) is 0 Å². The maximum Gasteiger partial charge on any atom is 0.258 e. The number of nitrogens with one attached hydrogen (secondary N) is 2. The van der Waals surface area contributed by atoms with Gasteiger partial charge in [0, 0.05) is 12.8 Å². The van der Waals surface area contributed by atoms with E-state index >= 15 is 0 Å². The van der Waals surface area contributed by atoms with E-state index in [1.807, 2.05) is 32.0 Å². The molecule has 0 radical (unpaired) electrons. The van der Waals surface area contributed by atoms with E-state index in [0.29, 0.717) is 19.0 Å². The van der Waals surface area contributed by atoms with Crippen LogP contribution in [0.4, 0.5) is 5.82 Å². The number of hydrogen-bond donors (Lipinski definition) is 2. The largest absolute Gasteiger partial charge is 0.483 e. The van der Waals surface area contributed by atoms with Crippen molar-refractivity contribution in [2.24, 2.45) is 0 Å². The summed E-state index contributed by atoms with van der Waals surface area (Å²) in [7, 11) is 0. The first kappa shape index (κ1) is 18.1. The molecule has 26 heavy (non-hydrogen) atoms. The lowest BCUT2D eigenvalue weighted by atomic mass is 10.0. The van der Waals surface area contributed by atoms with Crippen LogP contribution < -0.4 is 15.4 Å². The summed E-state index contributed by atoms with van der Waals surface area (Å²) in [6, 6.07) is 7.64. The molecule has 138 valence electrons. The average Bonchev–Trinajstić information content (AvgIpc) is 2.65. The van der Waals surface area contributed by atoms with Gasteiger partial charge in [-0.3, -0.25) is 4.79 Å². The van der Waals surface area contributed by atoms with Crippen LogP contribution in [0.5, 0.6) is 5.75 Å². The number of carbonyl (C=O) groups excluding carboxylic acids is 1. The fourth-order valence-corrected chi connectivity index (χ4v) is 2.87. The van der Waals surface area contributed by atoms with Gasteiger partial charge in [-0.2, -0.15) is 0 Å². The van der Waals surface area contributed by atoms with E-state index < -0.39 is 0 Å². The lowest BCUT2D eigenvalue weighted by Gasteiger charge is -2.33. The highest BCUT2D eigenvalue weighted by Crippen LogP contribution is 2.19. The Kier molecular flexibility index (Phi) is 6.01. The molecule has 2 aromatic rings. The smallest absolute Gasteiger partial charge is 0.258 e. The standard InChI is InChI=1S/C19H24N4O3/c1-13-3-4-14(2)17(9-13)26-11-19(24)23-15-6-8-25-10-16(15)22-18-5-7-20-12-21-18/h3-5,7,9,12,15-16H,6,8,10-11H2,1-2H3,(H,23,24)(H,20,21,22)/t15-,16+/m0/s1. The van der Waals surface area contributed by atoms with Crippen LogP contribution in [0.2, 0.25) is 0 Å². The molecule has 1 amide bonds. The maximum absolute atomic E-state index is 12.3. The van der Waals surface area contributed by atoms with Crippen molar-refractivity contribution in [2.75, 3.05) is 25.1 Å². The number of benzene rings is 1. The predicted octanol–water partition coefficient (Wildman–Crippen LogP) is 1.86. The molecule has 0 spiro atoms. The zero-order chi connectivity index (χ0) is 18.4. The molecule has 2 N–H and O–H groups in total. The first-order valence-corrected chi connectivity index (χ1v) is 8.71. The van der Waals surface area contributed by atoms with Crippen LogP contribution in [0.1, 0.15) is 17.5 Å². The van der Waals surface area contributed by atoms with Gasteiger partial charge < -0.3 is 20.1 Å². The third kappa shape index (κ3) is 4.92. The van der Waals surface area contributed by atoms with Crippen LogP contribution in [0.3, 0.4) is 0 Å². The minimum absolute atomic E-state index is 0.0120. The molecule has 2 atom stereocenters. The van der Waals surface area contributed by atoms with E-state index in [2.05, 4.69) is 20.6 Å². The van der Waals surface area contributed by atoms with Crippen LogP contribution in [0.25, 0.3) is 0 Å². The molecule has 1 aromatic carbocycles. The van der Waals surface area contributed by atoms with Gasteiger partial charge in [-0.05, 0) is 43.5 Å². The Labute approximate surface area is 153 Å². The highest BCUT2D eigenvalue weighted by molar-refractivity contribution is 5.78. The zero-order valence-electron chi connectivity index (χ0n) is 15.1. The second-order valence-electron chi connectivity index (χ2n) is 6.44. The molecule has 1 aromatic heterocycles. The number of aryl methyl sites for hydroxylation is 2. The van der Waals surface area contributed by atoms with Crippen LogP contribution >= 0.6 is 0 Å². The molecule has 3 rings (SSSR count). The first-order valence-electron chi connectivity index (χ1n) is 8.71. The molecule has 1 aliphatic heterocycles. The number of carbonyl (C=O) groups is 1. The number of rotatable bonds is 6. The Morgan fingerprint density at radius 3 is 3.00 bits per heavy atom. The third-order valence-electron chi connectivity index (χ3n) is 4.32. The molecule has 1 fully saturated rings. The van der Waals surface area contributed by atoms with Crippen molar-refractivity contribution < 1.29 is 14.3 Å². The Bertz CT molecular complexity index is 739. The van der Waals surface area contributed by atoms with E-state index in [1.54, 1.807) is 12.3 Å². The van der Waals surface area contributed by atoms with Gasteiger partial charge in [-0.1, -0.05) is 12.1 Å². The monoisotopic (exact) mass is 356 g/mol. The van der Waals surface area contributed by atoms with E-state index in [0.717, 1.165) is 23.3 Å². The zero-order valence-corrected chi connectivity index (χ0v) is 15.1. The number of ether oxygens (including phenoxy) is 2. The Balaban J connectivity index is 1.55. The third-order valence-corrected chi connectivity index (χ3v) is 4.32. The number of anilines is 1. The quantitative estimate of drug-likeness (QED) is 0.822. The molecule has 7 heteroatoms. The number of aromatic nitrogens is 2. The van der Waals surface area contributed by atoms with Gasteiger partial charge in [-0.25, -0.2) is 9.97 Å². The summed E-state index contributed by atoms with van der Waals surface area (Å²) >= 11 is 0. The Morgan fingerprint density at radius 1 is 1.31 bits per heavy atom. The van der Waals surface area contributed by atoms with Crippen molar-refractivity contribution in [1.82, 2.24) is 15.3 Å². The second-order valence-corrected chi connectivity index (χ2v) is 6.44. The minimum Gasteiger partial charge on any atom is -0.483 e. The van der Waals surface area contributed by atoms with Gasteiger partial charge >= 0.3 is 0 Å². The van der Waals surface area contributed by atoms with Crippen molar-refractivity contribution in [2.45, 2.75) is 32.4 Å². The molecule has 1 aliphatic rings. The van der Waals surface area contributed by atoms with Crippen LogP contribution in [0, 0.1) is 13.8 Å². The number of nitrogens with zero attached hydrogens (tertiary/aromatic N) is 2. The van der Waals surface area contributed by atoms with Crippen LogP contribution in [0.15, 0.2) is 36.8 Å². The van der Waals surface area contributed by atoms with E-state index in [1.165, 1.54) is 6.33 Å². The minimum atomic E-state index is -0.146. The molecule has 7 nitrogen and oxygen atoms in total. The summed E-state index contributed by atoms with van der Waals surface area (Å²) < 4.78 is 11.2. The molecule has 0 saturated carbocycles. The summed E-state index contributed by atoms with van der Waals surface area (Å²) in [6.45, 7) is 5.07. The van der Waals surface area contributed by atoms with Crippen molar-refractivity contribution in [3.8, 4) is 5.75 Å². The average molecular weight is 356 g/mol. The molecular formula is C19H24N4O3.